The third kappa shape index (κ3) is 4.11. The van der Waals surface area contributed by atoms with Crippen molar-refractivity contribution in [2.45, 2.75) is 25.8 Å². The molecule has 1 aromatic heterocycles. The first kappa shape index (κ1) is 15.6. The third-order valence-electron chi connectivity index (χ3n) is 3.05. The second kappa shape index (κ2) is 7.29. The molecular weight excluding hydrogens is 344 g/mol. The molecule has 0 saturated carbocycles. The predicted molar refractivity (Wildman–Crippen MR) is 83.1 cm³/mol. The van der Waals surface area contributed by atoms with Gasteiger partial charge in [-0.3, -0.25) is 0 Å². The van der Waals surface area contributed by atoms with Crippen LogP contribution in [0.1, 0.15) is 30.5 Å². The first-order valence-electron chi connectivity index (χ1n) is 6.51. The van der Waals surface area contributed by atoms with E-state index >= 15 is 0 Å². The number of benzene rings is 1. The van der Waals surface area contributed by atoms with Gasteiger partial charge in [-0.2, -0.15) is 0 Å². The Labute approximate surface area is 130 Å². The molecule has 0 aliphatic heterocycles. The largest absolute Gasteiger partial charge is 0.310 e. The van der Waals surface area contributed by atoms with Gasteiger partial charge in [0.2, 0.25) is 0 Å². The van der Waals surface area contributed by atoms with E-state index in [2.05, 4.69) is 39.6 Å². The standard InChI is InChI=1S/C15H16BrF2NS/c1-2-5-19-14(11-8-15(16)20-9-11)7-10-3-4-12(17)13(18)6-10/h3-4,6,8-9,14,19H,2,5,7H2,1H3. The summed E-state index contributed by atoms with van der Waals surface area (Å²) in [7, 11) is 0. The van der Waals surface area contributed by atoms with Crippen LogP contribution in [0.15, 0.2) is 33.4 Å². The highest BCUT2D eigenvalue weighted by atomic mass is 79.9. The molecule has 1 N–H and O–H groups in total. The maximum Gasteiger partial charge on any atom is 0.159 e. The Morgan fingerprint density at radius 3 is 2.65 bits per heavy atom. The minimum Gasteiger partial charge on any atom is -0.310 e. The lowest BCUT2D eigenvalue weighted by atomic mass is 10.0. The van der Waals surface area contributed by atoms with Crippen LogP contribution in [0.5, 0.6) is 0 Å². The minimum atomic E-state index is -0.801. The minimum absolute atomic E-state index is 0.113. The summed E-state index contributed by atoms with van der Waals surface area (Å²) in [6, 6.07) is 6.28. The second-order valence-electron chi connectivity index (χ2n) is 4.64. The quantitative estimate of drug-likeness (QED) is 0.758. The normalized spacial score (nSPS) is 12.6. The van der Waals surface area contributed by atoms with Crippen LogP contribution in [-0.4, -0.2) is 6.54 Å². The van der Waals surface area contributed by atoms with E-state index in [1.54, 1.807) is 17.4 Å². The van der Waals surface area contributed by atoms with Crippen molar-refractivity contribution in [3.8, 4) is 0 Å². The zero-order valence-corrected chi connectivity index (χ0v) is 13.5. The molecule has 2 aromatic rings. The van der Waals surface area contributed by atoms with Crippen molar-refractivity contribution in [1.82, 2.24) is 5.32 Å². The zero-order chi connectivity index (χ0) is 14.5. The van der Waals surface area contributed by atoms with Gasteiger partial charge in [-0.25, -0.2) is 8.78 Å². The molecule has 1 aromatic carbocycles. The molecule has 0 aliphatic rings. The number of hydrogen-bond acceptors (Lipinski definition) is 2. The summed E-state index contributed by atoms with van der Waals surface area (Å²) in [5.41, 5.74) is 1.96. The summed E-state index contributed by atoms with van der Waals surface area (Å²) in [6.45, 7) is 2.99. The molecule has 0 aliphatic carbocycles. The molecule has 0 radical (unpaired) electrons. The van der Waals surface area contributed by atoms with Gasteiger partial charge in [0, 0.05) is 6.04 Å². The van der Waals surface area contributed by atoms with Crippen LogP contribution in [0.3, 0.4) is 0 Å². The van der Waals surface area contributed by atoms with Crippen LogP contribution < -0.4 is 5.32 Å². The van der Waals surface area contributed by atoms with Crippen molar-refractivity contribution < 1.29 is 8.78 Å². The lowest BCUT2D eigenvalue weighted by Gasteiger charge is -2.17. The van der Waals surface area contributed by atoms with E-state index < -0.39 is 11.6 Å². The molecule has 0 saturated heterocycles. The summed E-state index contributed by atoms with van der Waals surface area (Å²) in [4.78, 5) is 0. The molecule has 0 bridgehead atoms. The van der Waals surface area contributed by atoms with Gasteiger partial charge >= 0.3 is 0 Å². The van der Waals surface area contributed by atoms with Gasteiger partial charge in [-0.1, -0.05) is 13.0 Å². The first-order valence-corrected chi connectivity index (χ1v) is 8.18. The third-order valence-corrected chi connectivity index (χ3v) is 4.58. The number of hydrogen-bond donors (Lipinski definition) is 1. The maximum absolute atomic E-state index is 13.3. The fourth-order valence-corrected chi connectivity index (χ4v) is 3.26. The van der Waals surface area contributed by atoms with Crippen molar-refractivity contribution >= 4 is 27.3 Å². The van der Waals surface area contributed by atoms with Crippen LogP contribution >= 0.6 is 27.3 Å². The number of nitrogens with one attached hydrogen (secondary N) is 1. The smallest absolute Gasteiger partial charge is 0.159 e. The van der Waals surface area contributed by atoms with Gasteiger partial charge in [0.1, 0.15) is 0 Å². The van der Waals surface area contributed by atoms with E-state index in [0.717, 1.165) is 22.3 Å². The van der Waals surface area contributed by atoms with Gasteiger partial charge in [0.25, 0.3) is 0 Å². The van der Waals surface area contributed by atoms with Gasteiger partial charge < -0.3 is 5.32 Å². The Balaban J connectivity index is 2.16. The van der Waals surface area contributed by atoms with Crippen molar-refractivity contribution in [2.75, 3.05) is 6.54 Å². The van der Waals surface area contributed by atoms with Crippen molar-refractivity contribution in [3.05, 3.63) is 56.2 Å². The molecule has 1 unspecified atom stereocenters. The number of halogens is 3. The molecular formula is C15H16BrF2NS. The molecule has 0 amide bonds. The SMILES string of the molecule is CCCNC(Cc1ccc(F)c(F)c1)c1csc(Br)c1. The fourth-order valence-electron chi connectivity index (χ4n) is 2.03. The van der Waals surface area contributed by atoms with Gasteiger partial charge in [-0.05, 0) is 70.0 Å². The molecule has 20 heavy (non-hydrogen) atoms. The van der Waals surface area contributed by atoms with Gasteiger partial charge in [0.05, 0.1) is 3.79 Å². The lowest BCUT2D eigenvalue weighted by molar-refractivity contribution is 0.500. The lowest BCUT2D eigenvalue weighted by Crippen LogP contribution is -2.23. The van der Waals surface area contributed by atoms with Crippen LogP contribution in [0, 0.1) is 11.6 Å². The van der Waals surface area contributed by atoms with Gasteiger partial charge in [0.15, 0.2) is 11.6 Å². The molecule has 1 atom stereocenters. The average Bonchev–Trinajstić information content (AvgIpc) is 2.85. The molecule has 1 nitrogen and oxygen atoms in total. The van der Waals surface area contributed by atoms with E-state index in [0.29, 0.717) is 6.42 Å². The highest BCUT2D eigenvalue weighted by Crippen LogP contribution is 2.27. The Morgan fingerprint density at radius 2 is 2.05 bits per heavy atom. The highest BCUT2D eigenvalue weighted by molar-refractivity contribution is 9.11. The van der Waals surface area contributed by atoms with Crippen molar-refractivity contribution in [2.24, 2.45) is 0 Å². The van der Waals surface area contributed by atoms with Crippen LogP contribution in [-0.2, 0) is 6.42 Å². The van der Waals surface area contributed by atoms with E-state index in [1.807, 2.05) is 0 Å². The Morgan fingerprint density at radius 1 is 1.25 bits per heavy atom. The monoisotopic (exact) mass is 359 g/mol. The summed E-state index contributed by atoms with van der Waals surface area (Å²) >= 11 is 5.08. The van der Waals surface area contributed by atoms with Crippen LogP contribution in [0.4, 0.5) is 8.78 Å². The number of rotatable bonds is 6. The van der Waals surface area contributed by atoms with Crippen LogP contribution in [0.2, 0.25) is 0 Å². The van der Waals surface area contributed by atoms with E-state index in [-0.39, 0.29) is 6.04 Å². The van der Waals surface area contributed by atoms with E-state index in [1.165, 1.54) is 17.7 Å². The summed E-state index contributed by atoms with van der Waals surface area (Å²) in [5.74, 6) is -1.59. The van der Waals surface area contributed by atoms with Crippen molar-refractivity contribution in [1.29, 1.82) is 0 Å². The van der Waals surface area contributed by atoms with Crippen molar-refractivity contribution in [3.63, 3.8) is 0 Å². The first-order chi connectivity index (χ1) is 9.60. The summed E-state index contributed by atoms with van der Waals surface area (Å²) < 4.78 is 27.3. The highest BCUT2D eigenvalue weighted by Gasteiger charge is 2.14. The zero-order valence-electron chi connectivity index (χ0n) is 11.1. The Hall–Kier alpha value is -0.780. The maximum atomic E-state index is 13.3. The molecule has 0 spiro atoms. The fraction of sp³-hybridized carbons (Fsp3) is 0.333. The molecule has 5 heteroatoms. The van der Waals surface area contributed by atoms with E-state index in [4.69, 9.17) is 0 Å². The Kier molecular flexibility index (Phi) is 5.69. The Bertz CT molecular complexity index is 571. The molecule has 0 fully saturated rings. The topological polar surface area (TPSA) is 12.0 Å². The molecule has 108 valence electrons. The second-order valence-corrected chi connectivity index (χ2v) is 6.93. The van der Waals surface area contributed by atoms with E-state index in [9.17, 15) is 8.78 Å². The van der Waals surface area contributed by atoms with Gasteiger partial charge in [-0.15, -0.1) is 11.3 Å². The number of thiophene rings is 1. The summed E-state index contributed by atoms with van der Waals surface area (Å²) in [5, 5.41) is 5.53. The van der Waals surface area contributed by atoms with Crippen LogP contribution in [0.25, 0.3) is 0 Å². The predicted octanol–water partition coefficient (Wildman–Crippen LogP) is 5.07. The average molecular weight is 360 g/mol. The summed E-state index contributed by atoms with van der Waals surface area (Å²) in [6.07, 6.45) is 1.67. The molecule has 2 rings (SSSR count). The molecule has 1 heterocycles.